The van der Waals surface area contributed by atoms with Gasteiger partial charge in [0.05, 0.1) is 4.90 Å². The lowest BCUT2D eigenvalue weighted by Gasteiger charge is -2.24. The van der Waals surface area contributed by atoms with Crippen molar-refractivity contribution in [2.75, 3.05) is 19.6 Å². The molecule has 0 aliphatic carbocycles. The molecule has 1 fully saturated rings. The lowest BCUT2D eigenvalue weighted by Crippen LogP contribution is -2.50. The molecular weight excluding hydrogens is 508 g/mol. The smallest absolute Gasteiger partial charge is 0.407 e. The Balaban J connectivity index is 1.54. The van der Waals surface area contributed by atoms with Crippen LogP contribution in [0.5, 0.6) is 0 Å². The number of benzene rings is 2. The molecule has 0 bridgehead atoms. The van der Waals surface area contributed by atoms with Crippen molar-refractivity contribution in [2.45, 2.75) is 56.7 Å². The van der Waals surface area contributed by atoms with E-state index in [9.17, 15) is 22.8 Å². The summed E-state index contributed by atoms with van der Waals surface area (Å²) in [5, 5.41) is 7.24. The first-order valence-electron chi connectivity index (χ1n) is 11.5. The van der Waals surface area contributed by atoms with Crippen LogP contribution in [-0.4, -0.2) is 68.5 Å². The van der Waals surface area contributed by atoms with Crippen LogP contribution in [-0.2, 0) is 24.3 Å². The second-order valence-corrected chi connectivity index (χ2v) is 11.7. The van der Waals surface area contributed by atoms with Crippen LogP contribution in [0.2, 0.25) is 5.02 Å². The fraction of sp³-hybridized carbons (Fsp3) is 0.458. The average Bonchev–Trinajstić information content (AvgIpc) is 3.13. The van der Waals surface area contributed by atoms with Crippen LogP contribution in [0.15, 0.2) is 41.3 Å². The van der Waals surface area contributed by atoms with Gasteiger partial charge in [-0.15, -0.1) is 0 Å². The monoisotopic (exact) mass is 538 g/mol. The van der Waals surface area contributed by atoms with E-state index in [-0.39, 0.29) is 31.0 Å². The van der Waals surface area contributed by atoms with E-state index < -0.39 is 45.6 Å². The van der Waals surface area contributed by atoms with Crippen LogP contribution < -0.4 is 15.4 Å². The third-order valence-corrected chi connectivity index (χ3v) is 7.27. The zero-order valence-corrected chi connectivity index (χ0v) is 22.2. The summed E-state index contributed by atoms with van der Waals surface area (Å²) in [4.78, 5) is 38.4. The Kier molecular flexibility index (Phi) is 8.48. The number of alkyl carbamates (subject to hydrolysis) is 1. The molecule has 2 atom stereocenters. The summed E-state index contributed by atoms with van der Waals surface area (Å²) in [7, 11) is -3.97. The maximum atomic E-state index is 12.9. The molecule has 1 heterocycles. The fourth-order valence-corrected chi connectivity index (χ4v) is 5.21. The maximum absolute atomic E-state index is 12.9. The van der Waals surface area contributed by atoms with Crippen molar-refractivity contribution in [3.63, 3.8) is 0 Å². The van der Waals surface area contributed by atoms with Gasteiger partial charge >= 0.3 is 6.09 Å². The van der Waals surface area contributed by atoms with Crippen molar-refractivity contribution in [3.8, 4) is 0 Å². The van der Waals surface area contributed by atoms with Crippen LogP contribution in [0.4, 0.5) is 4.79 Å². The number of halogens is 1. The highest BCUT2D eigenvalue weighted by Gasteiger charge is 2.39. The van der Waals surface area contributed by atoms with E-state index in [0.717, 1.165) is 5.39 Å². The predicted octanol–water partition coefficient (Wildman–Crippen LogP) is 2.40. The zero-order chi connectivity index (χ0) is 26.7. The van der Waals surface area contributed by atoms with Crippen LogP contribution in [0.1, 0.15) is 34.1 Å². The summed E-state index contributed by atoms with van der Waals surface area (Å²) >= 11 is 5.99. The summed E-state index contributed by atoms with van der Waals surface area (Å²) < 4.78 is 33.5. The van der Waals surface area contributed by atoms with Gasteiger partial charge in [-0.2, -0.15) is 4.72 Å². The van der Waals surface area contributed by atoms with E-state index in [1.807, 2.05) is 0 Å². The zero-order valence-electron chi connectivity index (χ0n) is 20.6. The standard InChI is InChI=1S/C24H31ClN4O6S/c1-15(21(30)26-10-11-27-23(32)35-24(2,3)4)29-12-9-20(22(29)31)28-36(33,34)19-8-6-16-13-18(25)7-5-17(16)14-19/h5-8,13-15,20,28H,9-12H2,1-4H3,(H,26,30)(H,27,32)/t15-,20-/m0/s1. The van der Waals surface area contributed by atoms with Gasteiger partial charge in [0.1, 0.15) is 17.7 Å². The van der Waals surface area contributed by atoms with Gasteiger partial charge in [-0.25, -0.2) is 13.2 Å². The van der Waals surface area contributed by atoms with Gasteiger partial charge in [0.15, 0.2) is 0 Å². The number of nitrogens with one attached hydrogen (secondary N) is 3. The molecule has 3 N–H and O–H groups in total. The normalized spacial score (nSPS) is 17.2. The van der Waals surface area contributed by atoms with Crippen molar-refractivity contribution in [1.82, 2.24) is 20.3 Å². The molecule has 0 aromatic heterocycles. The minimum Gasteiger partial charge on any atom is -0.444 e. The third kappa shape index (κ3) is 7.08. The number of hydrogen-bond donors (Lipinski definition) is 3. The molecule has 36 heavy (non-hydrogen) atoms. The second-order valence-electron chi connectivity index (χ2n) is 9.54. The number of ether oxygens (including phenoxy) is 1. The van der Waals surface area contributed by atoms with Crippen molar-refractivity contribution < 1.29 is 27.5 Å². The van der Waals surface area contributed by atoms with E-state index in [1.54, 1.807) is 52.0 Å². The van der Waals surface area contributed by atoms with Crippen molar-refractivity contribution in [3.05, 3.63) is 41.4 Å². The quantitative estimate of drug-likeness (QED) is 0.442. The highest BCUT2D eigenvalue weighted by Crippen LogP contribution is 2.24. The van der Waals surface area contributed by atoms with E-state index in [2.05, 4.69) is 15.4 Å². The Morgan fingerprint density at radius 1 is 1.11 bits per heavy atom. The van der Waals surface area contributed by atoms with E-state index in [1.165, 1.54) is 17.0 Å². The van der Waals surface area contributed by atoms with Crippen molar-refractivity contribution >= 4 is 50.3 Å². The molecule has 0 unspecified atom stereocenters. The van der Waals surface area contributed by atoms with Crippen molar-refractivity contribution in [2.24, 2.45) is 0 Å². The van der Waals surface area contributed by atoms with Crippen LogP contribution >= 0.6 is 11.6 Å². The maximum Gasteiger partial charge on any atom is 0.407 e. The highest BCUT2D eigenvalue weighted by atomic mass is 35.5. The van der Waals surface area contributed by atoms with E-state index >= 15 is 0 Å². The third-order valence-electron chi connectivity index (χ3n) is 5.56. The average molecular weight is 539 g/mol. The summed E-state index contributed by atoms with van der Waals surface area (Å²) in [6, 6.07) is 7.99. The van der Waals surface area contributed by atoms with Crippen LogP contribution in [0.25, 0.3) is 10.8 Å². The van der Waals surface area contributed by atoms with Gasteiger partial charge in [0, 0.05) is 24.7 Å². The number of carbonyl (C=O) groups excluding carboxylic acids is 3. The molecule has 0 radical (unpaired) electrons. The van der Waals surface area contributed by atoms with Gasteiger partial charge in [-0.3, -0.25) is 9.59 Å². The Morgan fingerprint density at radius 2 is 1.75 bits per heavy atom. The van der Waals surface area contributed by atoms with Gasteiger partial charge in [0.25, 0.3) is 0 Å². The first kappa shape index (κ1) is 27.7. The van der Waals surface area contributed by atoms with E-state index in [0.29, 0.717) is 10.4 Å². The summed E-state index contributed by atoms with van der Waals surface area (Å²) in [6.07, 6.45) is -0.358. The molecule has 3 amide bonds. The molecule has 2 aromatic rings. The molecule has 1 aliphatic rings. The number of rotatable bonds is 8. The Morgan fingerprint density at radius 3 is 2.44 bits per heavy atom. The van der Waals surface area contributed by atoms with Gasteiger partial charge < -0.3 is 20.3 Å². The fourth-order valence-electron chi connectivity index (χ4n) is 3.77. The molecule has 1 aliphatic heterocycles. The highest BCUT2D eigenvalue weighted by molar-refractivity contribution is 7.89. The number of hydrogen-bond acceptors (Lipinski definition) is 6. The molecule has 2 aromatic carbocycles. The molecule has 196 valence electrons. The SMILES string of the molecule is C[C@@H](C(=O)NCCNC(=O)OC(C)(C)C)N1CC[C@H](NS(=O)(=O)c2ccc3cc(Cl)ccc3c2)C1=O. The van der Waals surface area contributed by atoms with Crippen LogP contribution in [0.3, 0.4) is 0 Å². The predicted molar refractivity (Wildman–Crippen MR) is 136 cm³/mol. The van der Waals surface area contributed by atoms with E-state index in [4.69, 9.17) is 16.3 Å². The lowest BCUT2D eigenvalue weighted by molar-refractivity contribution is -0.137. The second kappa shape index (κ2) is 11.0. The molecule has 12 heteroatoms. The molecule has 0 spiro atoms. The minimum atomic E-state index is -3.97. The molecule has 3 rings (SSSR count). The molecule has 0 saturated carbocycles. The Bertz CT molecular complexity index is 1260. The van der Waals surface area contributed by atoms with Crippen LogP contribution in [0, 0.1) is 0 Å². The number of fused-ring (bicyclic) bond motifs is 1. The first-order chi connectivity index (χ1) is 16.8. The Labute approximate surface area is 215 Å². The summed E-state index contributed by atoms with van der Waals surface area (Å²) in [5.41, 5.74) is -0.626. The minimum absolute atomic E-state index is 0.0341. The molecule has 10 nitrogen and oxygen atoms in total. The van der Waals surface area contributed by atoms with Gasteiger partial charge in [-0.05, 0) is 69.2 Å². The first-order valence-corrected chi connectivity index (χ1v) is 13.4. The lowest BCUT2D eigenvalue weighted by atomic mass is 10.1. The number of sulfonamides is 1. The molecule has 1 saturated heterocycles. The van der Waals surface area contributed by atoms with Crippen molar-refractivity contribution in [1.29, 1.82) is 0 Å². The number of amides is 3. The van der Waals surface area contributed by atoms with Gasteiger partial charge in [-0.1, -0.05) is 23.7 Å². The summed E-state index contributed by atoms with van der Waals surface area (Å²) in [5.74, 6) is -0.883. The molecular formula is C24H31ClN4O6S. The summed E-state index contributed by atoms with van der Waals surface area (Å²) in [6.45, 7) is 7.33. The van der Waals surface area contributed by atoms with Gasteiger partial charge in [0.2, 0.25) is 21.8 Å². The topological polar surface area (TPSA) is 134 Å². The largest absolute Gasteiger partial charge is 0.444 e. The number of nitrogens with zero attached hydrogens (tertiary/aromatic N) is 1. The Hall–Kier alpha value is -2.89. The number of likely N-dealkylation sites (tertiary alicyclic amines) is 1. The number of carbonyl (C=O) groups is 3.